The molecule has 114 valence electrons. The average molecular weight is 322 g/mol. The molecule has 0 heterocycles. The van der Waals surface area contributed by atoms with Crippen LogP contribution in [0.1, 0.15) is 10.4 Å². The van der Waals surface area contributed by atoms with Gasteiger partial charge in [-0.3, -0.25) is 14.9 Å². The predicted molar refractivity (Wildman–Crippen MR) is 81.8 cm³/mol. The summed E-state index contributed by atoms with van der Waals surface area (Å²) in [6.45, 7) is 0. The van der Waals surface area contributed by atoms with Gasteiger partial charge in [0, 0.05) is 17.2 Å². The fraction of sp³-hybridized carbons (Fsp3) is 0.133. The van der Waals surface area contributed by atoms with Gasteiger partial charge in [-0.1, -0.05) is 18.2 Å². The smallest absolute Gasteiger partial charge is 0.274 e. The Bertz CT molecular complexity index is 745. The molecule has 0 N–H and O–H groups in total. The van der Waals surface area contributed by atoms with E-state index in [9.17, 15) is 14.9 Å². The molecule has 2 aromatic rings. The highest BCUT2D eigenvalue weighted by atomic mass is 35.5. The summed E-state index contributed by atoms with van der Waals surface area (Å²) >= 11 is 5.47. The number of halogens is 1. The molecule has 0 bridgehead atoms. The Kier molecular flexibility index (Phi) is 4.62. The third kappa shape index (κ3) is 3.01. The first-order chi connectivity index (χ1) is 10.5. The SMILES string of the molecule is COc1cc([N+](=O)[O-])cc(-c2cccc(C(=O)Cl)c2)c1OC. The van der Waals surface area contributed by atoms with Gasteiger partial charge in [0.25, 0.3) is 10.9 Å². The molecule has 0 amide bonds. The molecule has 0 aliphatic rings. The first-order valence-corrected chi connectivity index (χ1v) is 6.56. The third-order valence-electron chi connectivity index (χ3n) is 3.08. The Morgan fingerprint density at radius 2 is 1.91 bits per heavy atom. The van der Waals surface area contributed by atoms with E-state index in [4.69, 9.17) is 21.1 Å². The molecule has 2 aromatic carbocycles. The van der Waals surface area contributed by atoms with Crippen molar-refractivity contribution in [1.82, 2.24) is 0 Å². The van der Waals surface area contributed by atoms with Crippen LogP contribution in [0.2, 0.25) is 0 Å². The molecule has 0 unspecified atom stereocenters. The molecule has 0 radical (unpaired) electrons. The van der Waals surface area contributed by atoms with Crippen molar-refractivity contribution in [3.63, 3.8) is 0 Å². The fourth-order valence-corrected chi connectivity index (χ4v) is 2.20. The lowest BCUT2D eigenvalue weighted by atomic mass is 10.0. The lowest BCUT2D eigenvalue weighted by Gasteiger charge is -2.13. The maximum Gasteiger partial charge on any atom is 0.274 e. The molecule has 0 fully saturated rings. The summed E-state index contributed by atoms with van der Waals surface area (Å²) in [7, 11) is 2.83. The first kappa shape index (κ1) is 15.8. The van der Waals surface area contributed by atoms with Crippen molar-refractivity contribution in [2.75, 3.05) is 14.2 Å². The summed E-state index contributed by atoms with van der Waals surface area (Å²) in [5.41, 5.74) is 1.14. The number of nitrogens with zero attached hydrogens (tertiary/aromatic N) is 1. The molecule has 0 saturated heterocycles. The Balaban J connectivity index is 2.72. The van der Waals surface area contributed by atoms with Crippen LogP contribution in [-0.2, 0) is 0 Å². The number of ether oxygens (including phenoxy) is 2. The Morgan fingerprint density at radius 3 is 2.45 bits per heavy atom. The van der Waals surface area contributed by atoms with Crippen molar-refractivity contribution >= 4 is 22.5 Å². The van der Waals surface area contributed by atoms with Gasteiger partial charge in [0.05, 0.1) is 25.2 Å². The van der Waals surface area contributed by atoms with Crippen LogP contribution >= 0.6 is 11.6 Å². The van der Waals surface area contributed by atoms with E-state index in [2.05, 4.69) is 0 Å². The number of carbonyl (C=O) groups is 1. The number of carbonyl (C=O) groups excluding carboxylic acids is 1. The summed E-state index contributed by atoms with van der Waals surface area (Å²) in [5, 5.41) is 10.4. The van der Waals surface area contributed by atoms with E-state index in [0.29, 0.717) is 16.9 Å². The quantitative estimate of drug-likeness (QED) is 0.477. The topological polar surface area (TPSA) is 78.7 Å². The molecule has 0 aliphatic heterocycles. The first-order valence-electron chi connectivity index (χ1n) is 6.18. The molecular formula is C15H12ClNO5. The summed E-state index contributed by atoms with van der Waals surface area (Å²) in [4.78, 5) is 21.8. The van der Waals surface area contributed by atoms with Gasteiger partial charge in [0.15, 0.2) is 11.5 Å². The summed E-state index contributed by atoms with van der Waals surface area (Å²) in [6.07, 6.45) is 0. The molecule has 22 heavy (non-hydrogen) atoms. The van der Waals surface area contributed by atoms with Gasteiger partial charge < -0.3 is 9.47 Å². The minimum atomic E-state index is -0.613. The largest absolute Gasteiger partial charge is 0.493 e. The van der Waals surface area contributed by atoms with E-state index in [1.54, 1.807) is 18.2 Å². The van der Waals surface area contributed by atoms with Gasteiger partial charge in [-0.25, -0.2) is 0 Å². The zero-order valence-corrected chi connectivity index (χ0v) is 12.6. The fourth-order valence-electron chi connectivity index (χ4n) is 2.08. The van der Waals surface area contributed by atoms with Crippen molar-refractivity contribution in [3.05, 3.63) is 52.1 Å². The molecule has 0 saturated carbocycles. The van der Waals surface area contributed by atoms with Crippen molar-refractivity contribution in [3.8, 4) is 22.6 Å². The maximum atomic E-state index is 11.3. The number of hydrogen-bond donors (Lipinski definition) is 0. The molecule has 7 heteroatoms. The van der Waals surface area contributed by atoms with Crippen LogP contribution in [0, 0.1) is 10.1 Å². The molecule has 0 spiro atoms. The zero-order chi connectivity index (χ0) is 16.3. The van der Waals surface area contributed by atoms with Crippen molar-refractivity contribution in [2.45, 2.75) is 0 Å². The molecule has 0 atom stereocenters. The van der Waals surface area contributed by atoms with E-state index >= 15 is 0 Å². The van der Waals surface area contributed by atoms with E-state index < -0.39 is 10.2 Å². The zero-order valence-electron chi connectivity index (χ0n) is 11.8. The van der Waals surface area contributed by atoms with E-state index in [-0.39, 0.29) is 17.0 Å². The van der Waals surface area contributed by atoms with Crippen molar-refractivity contribution < 1.29 is 19.2 Å². The molecular weight excluding hydrogens is 310 g/mol. The number of nitro benzene ring substituents is 1. The number of benzene rings is 2. The van der Waals surface area contributed by atoms with Crippen LogP contribution < -0.4 is 9.47 Å². The second-order valence-electron chi connectivity index (χ2n) is 4.34. The molecule has 2 rings (SSSR count). The third-order valence-corrected chi connectivity index (χ3v) is 3.29. The van der Waals surface area contributed by atoms with Gasteiger partial charge in [0.2, 0.25) is 0 Å². The van der Waals surface area contributed by atoms with Crippen LogP contribution in [-0.4, -0.2) is 24.4 Å². The van der Waals surface area contributed by atoms with Crippen LogP contribution in [0.5, 0.6) is 11.5 Å². The highest BCUT2D eigenvalue weighted by Gasteiger charge is 2.19. The molecule has 0 aliphatic carbocycles. The van der Waals surface area contributed by atoms with Gasteiger partial charge >= 0.3 is 0 Å². The van der Waals surface area contributed by atoms with E-state index in [1.807, 2.05) is 0 Å². The highest BCUT2D eigenvalue weighted by Crippen LogP contribution is 2.41. The molecule has 6 nitrogen and oxygen atoms in total. The van der Waals surface area contributed by atoms with Gasteiger partial charge in [-0.15, -0.1) is 0 Å². The van der Waals surface area contributed by atoms with Crippen LogP contribution in [0.15, 0.2) is 36.4 Å². The second kappa shape index (κ2) is 6.44. The van der Waals surface area contributed by atoms with Crippen LogP contribution in [0.4, 0.5) is 5.69 Å². The lowest BCUT2D eigenvalue weighted by molar-refractivity contribution is -0.384. The Morgan fingerprint density at radius 1 is 1.18 bits per heavy atom. The highest BCUT2D eigenvalue weighted by molar-refractivity contribution is 6.67. The van der Waals surface area contributed by atoms with E-state index in [1.165, 1.54) is 32.4 Å². The Hall–Kier alpha value is -2.60. The number of hydrogen-bond acceptors (Lipinski definition) is 5. The number of rotatable bonds is 5. The monoisotopic (exact) mass is 321 g/mol. The number of non-ortho nitro benzene ring substituents is 1. The van der Waals surface area contributed by atoms with E-state index in [0.717, 1.165) is 0 Å². The predicted octanol–water partition coefficient (Wildman–Crippen LogP) is 3.66. The maximum absolute atomic E-state index is 11.3. The number of nitro groups is 1. The van der Waals surface area contributed by atoms with Crippen molar-refractivity contribution in [1.29, 1.82) is 0 Å². The second-order valence-corrected chi connectivity index (χ2v) is 4.68. The van der Waals surface area contributed by atoms with Crippen molar-refractivity contribution in [2.24, 2.45) is 0 Å². The summed E-state index contributed by atoms with van der Waals surface area (Å²) in [5.74, 6) is 0.571. The van der Waals surface area contributed by atoms with Crippen LogP contribution in [0.25, 0.3) is 11.1 Å². The Labute approximate surface area is 131 Å². The average Bonchev–Trinajstić information content (AvgIpc) is 2.53. The van der Waals surface area contributed by atoms with Gasteiger partial charge in [0.1, 0.15) is 0 Å². The normalized spacial score (nSPS) is 10.1. The number of methoxy groups -OCH3 is 2. The summed E-state index contributed by atoms with van der Waals surface area (Å²) in [6, 6.07) is 9.06. The minimum Gasteiger partial charge on any atom is -0.493 e. The van der Waals surface area contributed by atoms with Crippen LogP contribution in [0.3, 0.4) is 0 Å². The lowest BCUT2D eigenvalue weighted by Crippen LogP contribution is -1.97. The summed E-state index contributed by atoms with van der Waals surface area (Å²) < 4.78 is 10.4. The standard InChI is InChI=1S/C15H12ClNO5/c1-21-13-8-11(17(19)20)7-12(14(13)22-2)9-4-3-5-10(6-9)15(16)18/h3-8H,1-2H3. The van der Waals surface area contributed by atoms with Gasteiger partial charge in [-0.2, -0.15) is 0 Å². The minimum absolute atomic E-state index is 0.143. The van der Waals surface area contributed by atoms with Gasteiger partial charge in [-0.05, 0) is 23.2 Å². The molecule has 0 aromatic heterocycles.